The van der Waals surface area contributed by atoms with E-state index in [2.05, 4.69) is 44.4 Å². The second-order valence-electron chi connectivity index (χ2n) is 5.41. The third-order valence-electron chi connectivity index (χ3n) is 3.85. The first kappa shape index (κ1) is 13.8. The summed E-state index contributed by atoms with van der Waals surface area (Å²) in [6.07, 6.45) is 3.41. The van der Waals surface area contributed by atoms with E-state index in [-0.39, 0.29) is 0 Å². The van der Waals surface area contributed by atoms with Crippen LogP contribution in [0.1, 0.15) is 24.3 Å². The van der Waals surface area contributed by atoms with Gasteiger partial charge in [-0.2, -0.15) is 4.98 Å². The molecule has 0 amide bonds. The molecule has 1 aliphatic carbocycles. The molecule has 2 aromatic rings. The van der Waals surface area contributed by atoms with Gasteiger partial charge in [0.25, 0.3) is 0 Å². The van der Waals surface area contributed by atoms with Crippen LogP contribution in [-0.2, 0) is 6.42 Å². The SMILES string of the molecule is CNC(Cc1nc(-c2ccc(C)c(Br)c2)no1)C1CC1. The largest absolute Gasteiger partial charge is 0.339 e. The lowest BCUT2D eigenvalue weighted by atomic mass is 10.1. The quantitative estimate of drug-likeness (QED) is 0.910. The summed E-state index contributed by atoms with van der Waals surface area (Å²) in [5.74, 6) is 2.14. The van der Waals surface area contributed by atoms with Gasteiger partial charge in [-0.25, -0.2) is 0 Å². The van der Waals surface area contributed by atoms with Crippen molar-refractivity contribution in [3.8, 4) is 11.4 Å². The van der Waals surface area contributed by atoms with Crippen LogP contribution < -0.4 is 5.32 Å². The Balaban J connectivity index is 1.77. The van der Waals surface area contributed by atoms with Crippen molar-refractivity contribution >= 4 is 15.9 Å². The number of rotatable bonds is 5. The van der Waals surface area contributed by atoms with E-state index in [1.165, 1.54) is 18.4 Å². The van der Waals surface area contributed by atoms with E-state index in [0.717, 1.165) is 22.4 Å². The molecule has 1 atom stereocenters. The molecule has 3 rings (SSSR count). The fraction of sp³-hybridized carbons (Fsp3) is 0.467. The summed E-state index contributed by atoms with van der Waals surface area (Å²) in [4.78, 5) is 4.51. The van der Waals surface area contributed by atoms with Crippen molar-refractivity contribution in [3.63, 3.8) is 0 Å². The second kappa shape index (κ2) is 5.66. The topological polar surface area (TPSA) is 51.0 Å². The maximum Gasteiger partial charge on any atom is 0.228 e. The van der Waals surface area contributed by atoms with Gasteiger partial charge in [0.05, 0.1) is 0 Å². The normalized spacial score (nSPS) is 16.4. The first-order valence-electron chi connectivity index (χ1n) is 6.93. The van der Waals surface area contributed by atoms with E-state index in [4.69, 9.17) is 4.52 Å². The Hall–Kier alpha value is -1.20. The minimum atomic E-state index is 0.452. The van der Waals surface area contributed by atoms with Crippen molar-refractivity contribution < 1.29 is 4.52 Å². The van der Waals surface area contributed by atoms with Crippen LogP contribution in [0.4, 0.5) is 0 Å². The zero-order valence-corrected chi connectivity index (χ0v) is 13.3. The molecule has 5 heteroatoms. The molecule has 1 unspecified atom stereocenters. The predicted molar refractivity (Wildman–Crippen MR) is 81.4 cm³/mol. The zero-order valence-electron chi connectivity index (χ0n) is 11.7. The van der Waals surface area contributed by atoms with Gasteiger partial charge in [0.15, 0.2) is 0 Å². The summed E-state index contributed by atoms with van der Waals surface area (Å²) in [6.45, 7) is 2.06. The van der Waals surface area contributed by atoms with Gasteiger partial charge in [0.2, 0.25) is 11.7 Å². The van der Waals surface area contributed by atoms with Crippen LogP contribution in [0, 0.1) is 12.8 Å². The Bertz CT molecular complexity index is 607. The number of likely N-dealkylation sites (N-methyl/N-ethyl adjacent to an activating group) is 1. The van der Waals surface area contributed by atoms with Crippen molar-refractivity contribution in [2.24, 2.45) is 5.92 Å². The van der Waals surface area contributed by atoms with Gasteiger partial charge in [-0.3, -0.25) is 0 Å². The Morgan fingerprint density at radius 2 is 2.25 bits per heavy atom. The first-order valence-corrected chi connectivity index (χ1v) is 7.73. The average Bonchev–Trinajstić information content (AvgIpc) is 3.18. The highest BCUT2D eigenvalue weighted by Crippen LogP contribution is 2.34. The van der Waals surface area contributed by atoms with Crippen LogP contribution in [0.2, 0.25) is 0 Å². The van der Waals surface area contributed by atoms with Crippen molar-refractivity contribution in [3.05, 3.63) is 34.1 Å². The molecule has 1 fully saturated rings. The van der Waals surface area contributed by atoms with Crippen molar-refractivity contribution in [1.82, 2.24) is 15.5 Å². The molecule has 0 radical (unpaired) electrons. The van der Waals surface area contributed by atoms with Gasteiger partial charge < -0.3 is 9.84 Å². The Morgan fingerprint density at radius 3 is 2.90 bits per heavy atom. The summed E-state index contributed by atoms with van der Waals surface area (Å²) >= 11 is 3.53. The summed E-state index contributed by atoms with van der Waals surface area (Å²) in [5.41, 5.74) is 2.17. The molecule has 1 heterocycles. The van der Waals surface area contributed by atoms with E-state index < -0.39 is 0 Å². The standard InChI is InChI=1S/C15H18BrN3O/c1-9-3-4-11(7-12(9)16)15-18-14(20-19-15)8-13(17-2)10-5-6-10/h3-4,7,10,13,17H,5-6,8H2,1-2H3. The first-order chi connectivity index (χ1) is 9.67. The van der Waals surface area contributed by atoms with Gasteiger partial charge in [0.1, 0.15) is 0 Å². The summed E-state index contributed by atoms with van der Waals surface area (Å²) in [7, 11) is 2.00. The minimum absolute atomic E-state index is 0.452. The lowest BCUT2D eigenvalue weighted by Crippen LogP contribution is -2.29. The maximum atomic E-state index is 5.38. The molecule has 0 spiro atoms. The number of hydrogen-bond acceptors (Lipinski definition) is 4. The molecular weight excluding hydrogens is 318 g/mol. The Kier molecular flexibility index (Phi) is 3.89. The van der Waals surface area contributed by atoms with Crippen LogP contribution in [0.15, 0.2) is 27.2 Å². The lowest BCUT2D eigenvalue weighted by molar-refractivity contribution is 0.352. The molecule has 1 aliphatic rings. The van der Waals surface area contributed by atoms with Crippen LogP contribution in [0.5, 0.6) is 0 Å². The smallest absolute Gasteiger partial charge is 0.228 e. The van der Waals surface area contributed by atoms with Crippen LogP contribution >= 0.6 is 15.9 Å². The molecule has 1 aromatic carbocycles. The predicted octanol–water partition coefficient (Wildman–Crippen LogP) is 3.35. The highest BCUT2D eigenvalue weighted by molar-refractivity contribution is 9.10. The number of benzene rings is 1. The van der Waals surface area contributed by atoms with Gasteiger partial charge in [-0.05, 0) is 44.4 Å². The van der Waals surface area contributed by atoms with Crippen molar-refractivity contribution in [2.45, 2.75) is 32.2 Å². The molecule has 0 bridgehead atoms. The molecule has 0 saturated heterocycles. The van der Waals surface area contributed by atoms with Crippen LogP contribution in [0.25, 0.3) is 11.4 Å². The number of aromatic nitrogens is 2. The summed E-state index contributed by atoms with van der Waals surface area (Å²) in [5, 5.41) is 7.43. The van der Waals surface area contributed by atoms with Crippen LogP contribution in [0.3, 0.4) is 0 Å². The molecule has 20 heavy (non-hydrogen) atoms. The van der Waals surface area contributed by atoms with Crippen LogP contribution in [-0.4, -0.2) is 23.2 Å². The molecule has 0 aliphatic heterocycles. The van der Waals surface area contributed by atoms with Gasteiger partial charge in [0, 0.05) is 22.5 Å². The Morgan fingerprint density at radius 1 is 1.45 bits per heavy atom. The Labute approximate surface area is 127 Å². The van der Waals surface area contributed by atoms with E-state index >= 15 is 0 Å². The van der Waals surface area contributed by atoms with Crippen molar-refractivity contribution in [2.75, 3.05) is 7.05 Å². The number of nitrogens with one attached hydrogen (secondary N) is 1. The maximum absolute atomic E-state index is 5.38. The average molecular weight is 336 g/mol. The van der Waals surface area contributed by atoms with E-state index in [9.17, 15) is 0 Å². The summed E-state index contributed by atoms with van der Waals surface area (Å²) in [6, 6.07) is 6.55. The number of aryl methyl sites for hydroxylation is 1. The molecule has 1 saturated carbocycles. The fourth-order valence-corrected chi connectivity index (χ4v) is 2.76. The lowest BCUT2D eigenvalue weighted by Gasteiger charge is -2.11. The van der Waals surface area contributed by atoms with E-state index in [1.54, 1.807) is 0 Å². The van der Waals surface area contributed by atoms with Gasteiger partial charge >= 0.3 is 0 Å². The molecular formula is C15H18BrN3O. The number of hydrogen-bond donors (Lipinski definition) is 1. The summed E-state index contributed by atoms with van der Waals surface area (Å²) < 4.78 is 6.45. The molecule has 1 aromatic heterocycles. The fourth-order valence-electron chi connectivity index (χ4n) is 2.38. The highest BCUT2D eigenvalue weighted by atomic mass is 79.9. The number of nitrogens with zero attached hydrogens (tertiary/aromatic N) is 2. The third kappa shape index (κ3) is 2.94. The molecule has 106 valence electrons. The minimum Gasteiger partial charge on any atom is -0.339 e. The van der Waals surface area contributed by atoms with Gasteiger partial charge in [-0.1, -0.05) is 33.2 Å². The van der Waals surface area contributed by atoms with E-state index in [0.29, 0.717) is 17.8 Å². The second-order valence-corrected chi connectivity index (χ2v) is 6.27. The van der Waals surface area contributed by atoms with Gasteiger partial charge in [-0.15, -0.1) is 0 Å². The molecule has 1 N–H and O–H groups in total. The zero-order chi connectivity index (χ0) is 14.1. The van der Waals surface area contributed by atoms with E-state index in [1.807, 2.05) is 19.2 Å². The monoisotopic (exact) mass is 335 g/mol. The third-order valence-corrected chi connectivity index (χ3v) is 4.71. The number of halogens is 1. The molecule has 4 nitrogen and oxygen atoms in total. The van der Waals surface area contributed by atoms with Crippen molar-refractivity contribution in [1.29, 1.82) is 0 Å². The highest BCUT2D eigenvalue weighted by Gasteiger charge is 2.31.